The Morgan fingerprint density at radius 1 is 0.667 bits per heavy atom. The Hall–Kier alpha value is -2.59. The van der Waals surface area contributed by atoms with E-state index in [1.165, 1.54) is 81.0 Å². The van der Waals surface area contributed by atoms with Gasteiger partial charge in [-0.15, -0.1) is 0 Å². The van der Waals surface area contributed by atoms with Crippen LogP contribution in [0, 0.1) is 23.7 Å². The van der Waals surface area contributed by atoms with Gasteiger partial charge in [0.25, 0.3) is 8.32 Å². The Labute approximate surface area is 259 Å². The fourth-order valence-electron chi connectivity index (χ4n) is 5.72. The van der Waals surface area contributed by atoms with Crippen molar-refractivity contribution in [2.24, 2.45) is 0 Å². The number of Topliss-reactive ketones (excluding diaryl/α,β-unsaturated/α-hetero) is 1. The third-order valence-electron chi connectivity index (χ3n) is 8.04. The van der Waals surface area contributed by atoms with E-state index < -0.39 is 8.32 Å². The molecule has 0 aliphatic heterocycles. The summed E-state index contributed by atoms with van der Waals surface area (Å²) in [5, 5.41) is 2.56. The van der Waals surface area contributed by atoms with Gasteiger partial charge in [-0.25, -0.2) is 0 Å². The van der Waals surface area contributed by atoms with E-state index in [4.69, 9.17) is 4.43 Å². The number of carbonyl (C=O) groups excluding carboxylic acids is 1. The van der Waals surface area contributed by atoms with Crippen molar-refractivity contribution in [3.05, 3.63) is 60.7 Å². The summed E-state index contributed by atoms with van der Waals surface area (Å²) in [7, 11) is -2.50. The predicted octanol–water partition coefficient (Wildman–Crippen LogP) is 9.40. The van der Waals surface area contributed by atoms with Crippen molar-refractivity contribution < 1.29 is 9.22 Å². The molecule has 0 bridgehead atoms. The van der Waals surface area contributed by atoms with Gasteiger partial charge in [0.1, 0.15) is 0 Å². The third-order valence-corrected chi connectivity index (χ3v) is 13.1. The first-order chi connectivity index (χ1) is 20.4. The highest BCUT2D eigenvalue weighted by Crippen LogP contribution is 2.36. The SMILES string of the molecule is CCCCCCCCCCCCCCCC(=O)C#CC#CCCCO[Si](c1ccccc1)(c1ccccc1)C(C)(C)C. The van der Waals surface area contributed by atoms with Crippen molar-refractivity contribution in [3.8, 4) is 23.7 Å². The molecule has 0 N–H and O–H groups in total. The molecule has 0 saturated carbocycles. The minimum Gasteiger partial charge on any atom is -0.407 e. The molecule has 2 aromatic rings. The van der Waals surface area contributed by atoms with Crippen LogP contribution in [-0.4, -0.2) is 20.7 Å². The molecule has 3 heteroatoms. The average molecular weight is 585 g/mol. The highest BCUT2D eigenvalue weighted by Gasteiger charge is 2.49. The minimum atomic E-state index is -2.50. The van der Waals surface area contributed by atoms with Crippen molar-refractivity contribution in [3.63, 3.8) is 0 Å². The van der Waals surface area contributed by atoms with Crippen molar-refractivity contribution in [1.29, 1.82) is 0 Å². The van der Waals surface area contributed by atoms with Gasteiger partial charge >= 0.3 is 0 Å². The van der Waals surface area contributed by atoms with Crippen molar-refractivity contribution in [1.82, 2.24) is 0 Å². The van der Waals surface area contributed by atoms with Crippen molar-refractivity contribution in [2.75, 3.05) is 6.61 Å². The summed E-state index contributed by atoms with van der Waals surface area (Å²) < 4.78 is 6.90. The van der Waals surface area contributed by atoms with Crippen LogP contribution in [0.3, 0.4) is 0 Å². The second-order valence-corrected chi connectivity index (χ2v) is 16.9. The second-order valence-electron chi connectivity index (χ2n) is 12.6. The number of rotatable bonds is 20. The average Bonchev–Trinajstić information content (AvgIpc) is 2.99. The number of hydrogen-bond acceptors (Lipinski definition) is 2. The van der Waals surface area contributed by atoms with Gasteiger partial charge in [-0.2, -0.15) is 0 Å². The normalized spacial score (nSPS) is 11.3. The zero-order chi connectivity index (χ0) is 30.4. The van der Waals surface area contributed by atoms with Crippen LogP contribution >= 0.6 is 0 Å². The molecule has 0 radical (unpaired) electrons. The monoisotopic (exact) mass is 584 g/mol. The van der Waals surface area contributed by atoms with Crippen LogP contribution < -0.4 is 10.4 Å². The van der Waals surface area contributed by atoms with Crippen LogP contribution in [0.1, 0.15) is 130 Å². The van der Waals surface area contributed by atoms with E-state index in [2.05, 4.69) is 112 Å². The van der Waals surface area contributed by atoms with E-state index >= 15 is 0 Å². The topological polar surface area (TPSA) is 26.3 Å². The molecule has 2 nitrogen and oxygen atoms in total. The maximum atomic E-state index is 12.1. The molecule has 0 aliphatic carbocycles. The summed E-state index contributed by atoms with van der Waals surface area (Å²) in [5.74, 6) is 11.5. The molecule has 0 unspecified atom stereocenters. The fraction of sp³-hybridized carbons (Fsp3) is 0.564. The van der Waals surface area contributed by atoms with E-state index in [-0.39, 0.29) is 10.8 Å². The summed E-state index contributed by atoms with van der Waals surface area (Å²) in [6, 6.07) is 21.4. The van der Waals surface area contributed by atoms with Crippen molar-refractivity contribution >= 4 is 24.5 Å². The smallest absolute Gasteiger partial charge is 0.261 e. The molecule has 0 atom stereocenters. The number of ketones is 1. The highest BCUT2D eigenvalue weighted by molar-refractivity contribution is 6.99. The second kappa shape index (κ2) is 21.2. The maximum absolute atomic E-state index is 12.1. The van der Waals surface area contributed by atoms with Crippen LogP contribution in [-0.2, 0) is 9.22 Å². The molecule has 0 heterocycles. The molecule has 0 amide bonds. The van der Waals surface area contributed by atoms with Gasteiger partial charge < -0.3 is 4.43 Å². The molecule has 2 aromatic carbocycles. The summed E-state index contributed by atoms with van der Waals surface area (Å²) in [6.45, 7) is 9.81. The van der Waals surface area contributed by atoms with Gasteiger partial charge in [-0.3, -0.25) is 4.79 Å². The van der Waals surface area contributed by atoms with E-state index in [0.29, 0.717) is 19.4 Å². The van der Waals surface area contributed by atoms with E-state index in [1.54, 1.807) is 0 Å². The van der Waals surface area contributed by atoms with E-state index in [0.717, 1.165) is 19.3 Å². The molecule has 0 saturated heterocycles. The standard InChI is InChI=1S/C39H56O2Si/c1-5-6-7-8-9-10-11-12-13-14-15-17-22-29-36(40)30-23-18-16-19-28-35-41-42(39(2,3)4,37-31-24-20-25-32-37)38-33-26-21-27-34-38/h20-21,24-27,31-34H,5-15,17,19,22,28-29,35H2,1-4H3. The first-order valence-corrected chi connectivity index (χ1v) is 18.6. The summed E-state index contributed by atoms with van der Waals surface area (Å²) in [6.07, 6.45) is 19.1. The van der Waals surface area contributed by atoms with Crippen LogP contribution in [0.2, 0.25) is 5.04 Å². The molecule has 0 aliphatic rings. The lowest BCUT2D eigenvalue weighted by atomic mass is 10.0. The lowest BCUT2D eigenvalue weighted by molar-refractivity contribution is -0.113. The quantitative estimate of drug-likeness (QED) is 0.0671. The number of benzene rings is 2. The number of carbonyl (C=O) groups is 1. The molecule has 228 valence electrons. The van der Waals surface area contributed by atoms with Crippen molar-refractivity contribution in [2.45, 2.75) is 135 Å². The molecular weight excluding hydrogens is 529 g/mol. The van der Waals surface area contributed by atoms with Crippen LogP contribution in [0.15, 0.2) is 60.7 Å². The highest BCUT2D eigenvalue weighted by atomic mass is 28.4. The van der Waals surface area contributed by atoms with Gasteiger partial charge in [0.2, 0.25) is 5.78 Å². The lowest BCUT2D eigenvalue weighted by Gasteiger charge is -2.43. The van der Waals surface area contributed by atoms with Gasteiger partial charge in [-0.05, 0) is 46.0 Å². The fourth-order valence-corrected chi connectivity index (χ4v) is 10.3. The predicted molar refractivity (Wildman–Crippen MR) is 184 cm³/mol. The first kappa shape index (κ1) is 35.6. The van der Waals surface area contributed by atoms with Crippen LogP contribution in [0.5, 0.6) is 0 Å². The van der Waals surface area contributed by atoms with Crippen LogP contribution in [0.4, 0.5) is 0 Å². The van der Waals surface area contributed by atoms with Crippen LogP contribution in [0.25, 0.3) is 0 Å². The molecule has 0 aromatic heterocycles. The third kappa shape index (κ3) is 13.1. The Bertz CT molecular complexity index is 1070. The zero-order valence-electron chi connectivity index (χ0n) is 27.1. The molecule has 42 heavy (non-hydrogen) atoms. The van der Waals surface area contributed by atoms with Gasteiger partial charge in [-0.1, -0.05) is 171 Å². The number of hydrogen-bond donors (Lipinski definition) is 0. The lowest BCUT2D eigenvalue weighted by Crippen LogP contribution is -2.66. The summed E-state index contributed by atoms with van der Waals surface area (Å²) in [5.41, 5.74) is 0. The largest absolute Gasteiger partial charge is 0.407 e. The Morgan fingerprint density at radius 2 is 1.14 bits per heavy atom. The van der Waals surface area contributed by atoms with Gasteiger partial charge in [0.15, 0.2) is 0 Å². The first-order valence-electron chi connectivity index (χ1n) is 16.7. The molecule has 0 spiro atoms. The Kier molecular flexibility index (Phi) is 17.9. The molecule has 2 rings (SSSR count). The van der Waals surface area contributed by atoms with E-state index in [9.17, 15) is 4.79 Å². The maximum Gasteiger partial charge on any atom is 0.261 e. The summed E-state index contributed by atoms with van der Waals surface area (Å²) in [4.78, 5) is 12.1. The molecule has 0 fully saturated rings. The minimum absolute atomic E-state index is 0.0161. The summed E-state index contributed by atoms with van der Waals surface area (Å²) >= 11 is 0. The Morgan fingerprint density at radius 3 is 1.62 bits per heavy atom. The van der Waals surface area contributed by atoms with Gasteiger partial charge in [0, 0.05) is 19.4 Å². The Balaban J connectivity index is 1.66. The van der Waals surface area contributed by atoms with E-state index in [1.807, 2.05) is 0 Å². The zero-order valence-corrected chi connectivity index (χ0v) is 28.1. The molecular formula is C39H56O2Si. The number of unbranched alkanes of at least 4 members (excludes halogenated alkanes) is 13. The van der Waals surface area contributed by atoms with Gasteiger partial charge in [0.05, 0.1) is 0 Å².